The zero-order chi connectivity index (χ0) is 42.5. The smallest absolute Gasteiger partial charge is 0.306 e. The summed E-state index contributed by atoms with van der Waals surface area (Å²) in [4.78, 5) is 25.5. The van der Waals surface area contributed by atoms with E-state index in [4.69, 9.17) is 28.4 Å². The van der Waals surface area contributed by atoms with Gasteiger partial charge < -0.3 is 64.2 Å². The van der Waals surface area contributed by atoms with E-state index < -0.39 is 92.7 Å². The Bertz CT molecular complexity index is 1080. The monoisotopic (exact) mass is 835 g/mol. The fourth-order valence-corrected chi connectivity index (χ4v) is 6.96. The molecule has 15 nitrogen and oxygen atoms in total. The van der Waals surface area contributed by atoms with E-state index in [0.717, 1.165) is 57.8 Å². The van der Waals surface area contributed by atoms with Gasteiger partial charge in [0.1, 0.15) is 55.4 Å². The lowest BCUT2D eigenvalue weighted by Crippen LogP contribution is -2.61. The Labute approximate surface area is 346 Å². The number of aliphatic hydroxyl groups is 7. The predicted molar refractivity (Wildman–Crippen MR) is 215 cm³/mol. The Morgan fingerprint density at radius 3 is 1.57 bits per heavy atom. The topological polar surface area (TPSA) is 231 Å². The molecule has 0 aromatic rings. The van der Waals surface area contributed by atoms with Crippen LogP contribution in [0, 0.1) is 0 Å². The van der Waals surface area contributed by atoms with Crippen LogP contribution in [0.4, 0.5) is 0 Å². The van der Waals surface area contributed by atoms with Crippen molar-refractivity contribution in [2.45, 2.75) is 223 Å². The summed E-state index contributed by atoms with van der Waals surface area (Å²) in [5, 5.41) is 71.7. The lowest BCUT2D eigenvalue weighted by molar-refractivity contribution is -0.332. The van der Waals surface area contributed by atoms with Crippen LogP contribution in [0.15, 0.2) is 12.2 Å². The highest BCUT2D eigenvalue weighted by molar-refractivity contribution is 5.70. The average Bonchev–Trinajstić information content (AvgIpc) is 3.21. The maximum Gasteiger partial charge on any atom is 0.306 e. The second kappa shape index (κ2) is 32.0. The van der Waals surface area contributed by atoms with Gasteiger partial charge in [0.2, 0.25) is 0 Å². The first-order chi connectivity index (χ1) is 28.0. The van der Waals surface area contributed by atoms with Gasteiger partial charge in [0.05, 0.1) is 19.8 Å². The zero-order valence-electron chi connectivity index (χ0n) is 35.3. The molecule has 0 radical (unpaired) electrons. The van der Waals surface area contributed by atoms with Gasteiger partial charge in [-0.25, -0.2) is 0 Å². The fourth-order valence-electron chi connectivity index (χ4n) is 6.96. The number of unbranched alkanes of at least 4 members (excludes halogenated alkanes) is 17. The van der Waals surface area contributed by atoms with Crippen LogP contribution in [0.1, 0.15) is 155 Å². The maximum absolute atomic E-state index is 12.9. The van der Waals surface area contributed by atoms with E-state index >= 15 is 0 Å². The summed E-state index contributed by atoms with van der Waals surface area (Å²) in [7, 11) is 0. The van der Waals surface area contributed by atoms with Crippen LogP contribution < -0.4 is 0 Å². The Hall–Kier alpha value is -1.76. The van der Waals surface area contributed by atoms with Crippen LogP contribution in [0.3, 0.4) is 0 Å². The van der Waals surface area contributed by atoms with Crippen molar-refractivity contribution in [2.75, 3.05) is 26.4 Å². The van der Waals surface area contributed by atoms with E-state index in [1.54, 1.807) is 0 Å². The molecule has 0 spiro atoms. The number of hydrogen-bond donors (Lipinski definition) is 7. The number of esters is 2. The third-order valence-corrected chi connectivity index (χ3v) is 10.7. The number of hydrogen-bond acceptors (Lipinski definition) is 15. The van der Waals surface area contributed by atoms with E-state index in [9.17, 15) is 45.3 Å². The summed E-state index contributed by atoms with van der Waals surface area (Å²) in [6, 6.07) is 0. The molecule has 0 saturated carbocycles. The van der Waals surface area contributed by atoms with Gasteiger partial charge in [0.15, 0.2) is 18.7 Å². The van der Waals surface area contributed by atoms with Crippen LogP contribution in [0.2, 0.25) is 0 Å². The first kappa shape index (κ1) is 52.4. The number of rotatable bonds is 33. The van der Waals surface area contributed by atoms with Crippen molar-refractivity contribution in [2.24, 2.45) is 0 Å². The largest absolute Gasteiger partial charge is 0.462 e. The van der Waals surface area contributed by atoms with E-state index in [2.05, 4.69) is 26.0 Å². The highest BCUT2D eigenvalue weighted by Crippen LogP contribution is 2.26. The zero-order valence-corrected chi connectivity index (χ0v) is 35.3. The van der Waals surface area contributed by atoms with Crippen molar-refractivity contribution >= 4 is 11.9 Å². The minimum absolute atomic E-state index is 0.158. The Morgan fingerprint density at radius 2 is 1.00 bits per heavy atom. The van der Waals surface area contributed by atoms with Crippen molar-refractivity contribution in [1.29, 1.82) is 0 Å². The summed E-state index contributed by atoms with van der Waals surface area (Å²) in [6.07, 6.45) is 9.80. The molecular weight excluding hydrogens is 756 g/mol. The summed E-state index contributed by atoms with van der Waals surface area (Å²) in [6.45, 7) is 2.51. The molecule has 2 saturated heterocycles. The first-order valence-corrected chi connectivity index (χ1v) is 22.3. The first-order valence-electron chi connectivity index (χ1n) is 22.3. The second-order valence-corrected chi connectivity index (χ2v) is 15.9. The third-order valence-electron chi connectivity index (χ3n) is 10.7. The quantitative estimate of drug-likeness (QED) is 0.0278. The van der Waals surface area contributed by atoms with Gasteiger partial charge in [-0.2, -0.15) is 0 Å². The number of aliphatic hydroxyl groups excluding tert-OH is 7. The standard InChI is InChI=1S/C43H78O15/c1-3-5-7-9-11-13-15-17-19-21-23-25-34(45)53-28-31(56-35(46)26-24-22-20-18-16-14-12-10-8-6-4-2)29-54-42-41(52)39(50)37(48)33(58-42)30-55-43-40(51)38(49)36(47)32(27-44)57-43/h10,12,31-33,36-44,47-52H,3-9,11,13-30H2,1-2H3/b12-10-. The molecule has 2 aliphatic heterocycles. The molecule has 11 atom stereocenters. The normalized spacial score (nSPS) is 28.2. The molecule has 2 aliphatic rings. The van der Waals surface area contributed by atoms with Crippen molar-refractivity contribution in [3.63, 3.8) is 0 Å². The molecule has 2 rings (SSSR count). The van der Waals surface area contributed by atoms with Crippen LogP contribution in [0.25, 0.3) is 0 Å². The maximum atomic E-state index is 12.9. The molecule has 11 unspecified atom stereocenters. The lowest BCUT2D eigenvalue weighted by atomic mass is 9.98. The molecule has 0 amide bonds. The summed E-state index contributed by atoms with van der Waals surface area (Å²) < 4.78 is 33.4. The molecule has 340 valence electrons. The number of carbonyl (C=O) groups is 2. The van der Waals surface area contributed by atoms with Crippen LogP contribution >= 0.6 is 0 Å². The lowest BCUT2D eigenvalue weighted by Gasteiger charge is -2.42. The van der Waals surface area contributed by atoms with Gasteiger partial charge in [-0.3, -0.25) is 9.59 Å². The van der Waals surface area contributed by atoms with E-state index in [0.29, 0.717) is 12.8 Å². The van der Waals surface area contributed by atoms with Crippen LogP contribution in [-0.4, -0.2) is 142 Å². The van der Waals surface area contributed by atoms with Crippen molar-refractivity contribution < 1.29 is 73.8 Å². The molecule has 0 aromatic carbocycles. The average molecular weight is 835 g/mol. The van der Waals surface area contributed by atoms with Crippen molar-refractivity contribution in [1.82, 2.24) is 0 Å². The highest BCUT2D eigenvalue weighted by Gasteiger charge is 2.47. The van der Waals surface area contributed by atoms with Gasteiger partial charge in [-0.1, -0.05) is 122 Å². The van der Waals surface area contributed by atoms with E-state index in [-0.39, 0.29) is 26.1 Å². The molecule has 58 heavy (non-hydrogen) atoms. The highest BCUT2D eigenvalue weighted by atomic mass is 16.7. The minimum atomic E-state index is -1.76. The second-order valence-electron chi connectivity index (χ2n) is 15.9. The van der Waals surface area contributed by atoms with Gasteiger partial charge in [-0.05, 0) is 32.1 Å². The third kappa shape index (κ3) is 21.2. The Kier molecular flexibility index (Phi) is 28.9. The molecular formula is C43H78O15. The van der Waals surface area contributed by atoms with Gasteiger partial charge in [0, 0.05) is 12.8 Å². The van der Waals surface area contributed by atoms with E-state index in [1.165, 1.54) is 57.8 Å². The number of ether oxygens (including phenoxy) is 6. The van der Waals surface area contributed by atoms with Gasteiger partial charge in [0.25, 0.3) is 0 Å². The molecule has 7 N–H and O–H groups in total. The fraction of sp³-hybridized carbons (Fsp3) is 0.907. The van der Waals surface area contributed by atoms with Crippen LogP contribution in [-0.2, 0) is 38.0 Å². The molecule has 0 aliphatic carbocycles. The summed E-state index contributed by atoms with van der Waals surface area (Å²) >= 11 is 0. The number of allylic oxidation sites excluding steroid dienone is 2. The Balaban J connectivity index is 1.87. The molecule has 0 bridgehead atoms. The van der Waals surface area contributed by atoms with E-state index in [1.807, 2.05) is 0 Å². The summed E-state index contributed by atoms with van der Waals surface area (Å²) in [5.74, 6) is -0.935. The van der Waals surface area contributed by atoms with Crippen molar-refractivity contribution in [3.8, 4) is 0 Å². The molecule has 15 heteroatoms. The number of carbonyl (C=O) groups excluding carboxylic acids is 2. The molecule has 0 aromatic heterocycles. The predicted octanol–water partition coefficient (Wildman–Crippen LogP) is 4.26. The molecule has 2 heterocycles. The Morgan fingerprint density at radius 1 is 0.534 bits per heavy atom. The minimum Gasteiger partial charge on any atom is -0.462 e. The van der Waals surface area contributed by atoms with Gasteiger partial charge >= 0.3 is 11.9 Å². The van der Waals surface area contributed by atoms with Crippen molar-refractivity contribution in [3.05, 3.63) is 12.2 Å². The van der Waals surface area contributed by atoms with Crippen LogP contribution in [0.5, 0.6) is 0 Å². The summed E-state index contributed by atoms with van der Waals surface area (Å²) in [5.41, 5.74) is 0. The molecule has 2 fully saturated rings. The SMILES string of the molecule is CCCC/C=C\CCCCCCCC(=O)OC(COC(=O)CCCCCCCCCCCCC)COC1OC(COC2OC(CO)C(O)C(O)C2O)C(O)C(O)C1O. The van der Waals surface area contributed by atoms with Gasteiger partial charge in [-0.15, -0.1) is 0 Å².